The minimum atomic E-state index is -0.780. The Bertz CT molecular complexity index is 738. The molecule has 166 valence electrons. The van der Waals surface area contributed by atoms with E-state index >= 15 is 0 Å². The highest BCUT2D eigenvalue weighted by molar-refractivity contribution is 5.79. The molecule has 5 fully saturated rings. The molecule has 2 aliphatic carbocycles. The Labute approximate surface area is 179 Å². The van der Waals surface area contributed by atoms with Gasteiger partial charge in [-0.3, -0.25) is 4.79 Å². The zero-order chi connectivity index (χ0) is 20.6. The molecule has 1 unspecified atom stereocenters. The fourth-order valence-electron chi connectivity index (χ4n) is 6.59. The van der Waals surface area contributed by atoms with Crippen LogP contribution in [0.1, 0.15) is 82.7 Å². The number of amides is 1. The Morgan fingerprint density at radius 3 is 2.67 bits per heavy atom. The maximum Gasteiger partial charge on any atom is 0.229 e. The zero-order valence-corrected chi connectivity index (χ0v) is 18.2. The lowest BCUT2D eigenvalue weighted by atomic mass is 9.75. The fraction of sp³-hybridized carbons (Fsp3) is 0.870. The summed E-state index contributed by atoms with van der Waals surface area (Å²) in [6, 6.07) is 0.907. The van der Waals surface area contributed by atoms with Gasteiger partial charge in [0.05, 0.1) is 31.7 Å². The van der Waals surface area contributed by atoms with E-state index in [1.165, 1.54) is 25.7 Å². The highest BCUT2D eigenvalue weighted by Crippen LogP contribution is 2.35. The summed E-state index contributed by atoms with van der Waals surface area (Å²) in [4.78, 5) is 14.5. The van der Waals surface area contributed by atoms with Crippen LogP contribution in [0.2, 0.25) is 0 Å². The molecule has 6 rings (SSSR count). The standard InChI is InChI=1S/C23H37N5O2/c29-22(24-18-7-3-1-4-8-18)20-15-27-12-9-17(20)13-19(27)14-28-16-21(25-26-28)23(30)10-5-2-6-11-23/h16-20,30H,1-15H2,(H,24,29)/p+1/t17-,19-,20+/m1/s1. The van der Waals surface area contributed by atoms with Crippen LogP contribution in [-0.4, -0.2) is 51.2 Å². The Kier molecular flexibility index (Phi) is 5.84. The fourth-order valence-corrected chi connectivity index (χ4v) is 6.59. The number of fused-ring (bicyclic) bond motifs is 3. The van der Waals surface area contributed by atoms with Crippen molar-refractivity contribution in [2.45, 2.75) is 101 Å². The Morgan fingerprint density at radius 2 is 1.93 bits per heavy atom. The predicted molar refractivity (Wildman–Crippen MR) is 113 cm³/mol. The molecule has 3 saturated heterocycles. The smallest absolute Gasteiger partial charge is 0.229 e. The van der Waals surface area contributed by atoms with Crippen LogP contribution in [0, 0.1) is 11.8 Å². The molecule has 4 atom stereocenters. The van der Waals surface area contributed by atoms with Gasteiger partial charge in [0, 0.05) is 18.9 Å². The van der Waals surface area contributed by atoms with Crippen LogP contribution >= 0.6 is 0 Å². The summed E-state index contributed by atoms with van der Waals surface area (Å²) >= 11 is 0. The third-order valence-corrected chi connectivity index (χ3v) is 8.44. The van der Waals surface area contributed by atoms with Gasteiger partial charge in [0.25, 0.3) is 0 Å². The molecule has 7 heteroatoms. The van der Waals surface area contributed by atoms with E-state index in [2.05, 4.69) is 15.6 Å². The summed E-state index contributed by atoms with van der Waals surface area (Å²) in [5.41, 5.74) is -0.0322. The van der Waals surface area contributed by atoms with Crippen LogP contribution in [0.4, 0.5) is 0 Å². The molecule has 7 nitrogen and oxygen atoms in total. The van der Waals surface area contributed by atoms with E-state index in [1.807, 2.05) is 10.9 Å². The van der Waals surface area contributed by atoms with E-state index < -0.39 is 5.60 Å². The third-order valence-electron chi connectivity index (χ3n) is 8.44. The molecule has 1 amide bonds. The Morgan fingerprint density at radius 1 is 1.17 bits per heavy atom. The minimum Gasteiger partial charge on any atom is -0.383 e. The first-order chi connectivity index (χ1) is 14.6. The number of aliphatic hydroxyl groups is 1. The predicted octanol–water partition coefficient (Wildman–Crippen LogP) is 1.17. The van der Waals surface area contributed by atoms with Crippen LogP contribution in [-0.2, 0) is 16.9 Å². The number of rotatable bonds is 5. The number of carbonyl (C=O) groups excluding carboxylic acids is 1. The van der Waals surface area contributed by atoms with Crippen molar-refractivity contribution in [1.82, 2.24) is 20.3 Å². The van der Waals surface area contributed by atoms with Crippen LogP contribution in [0.3, 0.4) is 0 Å². The second-order valence-corrected chi connectivity index (χ2v) is 10.5. The lowest BCUT2D eigenvalue weighted by Crippen LogP contribution is -3.20. The van der Waals surface area contributed by atoms with Gasteiger partial charge in [-0.05, 0) is 31.6 Å². The van der Waals surface area contributed by atoms with E-state index in [0.29, 0.717) is 23.9 Å². The minimum absolute atomic E-state index is 0.182. The first-order valence-electron chi connectivity index (χ1n) is 12.4. The van der Waals surface area contributed by atoms with Crippen LogP contribution in [0.15, 0.2) is 6.20 Å². The van der Waals surface area contributed by atoms with E-state index in [0.717, 1.165) is 76.7 Å². The third kappa shape index (κ3) is 4.15. The first-order valence-corrected chi connectivity index (χ1v) is 12.4. The normalized spacial score (nSPS) is 34.0. The second kappa shape index (κ2) is 8.58. The number of hydrogen-bond donors (Lipinski definition) is 3. The molecular formula is C23H38N5O2+. The molecule has 0 aromatic carbocycles. The number of nitrogens with one attached hydrogen (secondary N) is 2. The summed E-state index contributed by atoms with van der Waals surface area (Å²) in [5, 5.41) is 23.0. The van der Waals surface area contributed by atoms with Gasteiger partial charge in [0.15, 0.2) is 0 Å². The molecule has 3 aliphatic heterocycles. The number of piperidine rings is 3. The quantitative estimate of drug-likeness (QED) is 0.673. The number of aromatic nitrogens is 3. The summed E-state index contributed by atoms with van der Waals surface area (Å²) in [5.74, 6) is 0.993. The number of quaternary nitrogens is 1. The average Bonchev–Trinajstić information content (AvgIpc) is 3.25. The molecule has 1 aromatic rings. The molecule has 0 spiro atoms. The van der Waals surface area contributed by atoms with Crippen LogP contribution in [0.5, 0.6) is 0 Å². The molecule has 5 aliphatic rings. The second-order valence-electron chi connectivity index (χ2n) is 10.5. The Hall–Kier alpha value is -1.47. The number of hydrogen-bond acceptors (Lipinski definition) is 4. The average molecular weight is 417 g/mol. The van der Waals surface area contributed by atoms with Crippen LogP contribution < -0.4 is 10.2 Å². The van der Waals surface area contributed by atoms with Crippen molar-refractivity contribution < 1.29 is 14.8 Å². The van der Waals surface area contributed by atoms with E-state index in [4.69, 9.17) is 0 Å². The molecule has 2 saturated carbocycles. The van der Waals surface area contributed by atoms with Gasteiger partial charge in [-0.2, -0.15) is 0 Å². The lowest BCUT2D eigenvalue weighted by molar-refractivity contribution is -0.945. The number of carbonyl (C=O) groups is 1. The van der Waals surface area contributed by atoms with Gasteiger partial charge in [0.2, 0.25) is 5.91 Å². The van der Waals surface area contributed by atoms with Gasteiger partial charge >= 0.3 is 0 Å². The van der Waals surface area contributed by atoms with Crippen molar-refractivity contribution in [1.29, 1.82) is 0 Å². The molecular weight excluding hydrogens is 378 g/mol. The molecule has 30 heavy (non-hydrogen) atoms. The van der Waals surface area contributed by atoms with Crippen molar-refractivity contribution in [3.63, 3.8) is 0 Å². The largest absolute Gasteiger partial charge is 0.383 e. The summed E-state index contributed by atoms with van der Waals surface area (Å²) in [6.45, 7) is 2.96. The van der Waals surface area contributed by atoms with Gasteiger partial charge < -0.3 is 15.3 Å². The lowest BCUT2D eigenvalue weighted by Gasteiger charge is -2.46. The van der Waals surface area contributed by atoms with Gasteiger partial charge in [-0.25, -0.2) is 4.68 Å². The molecule has 3 N–H and O–H groups in total. The summed E-state index contributed by atoms with van der Waals surface area (Å²) < 4.78 is 1.94. The zero-order valence-electron chi connectivity index (χ0n) is 18.2. The molecule has 2 bridgehead atoms. The Balaban J connectivity index is 1.18. The summed E-state index contributed by atoms with van der Waals surface area (Å²) in [7, 11) is 0. The molecule has 0 radical (unpaired) electrons. The van der Waals surface area contributed by atoms with E-state index in [9.17, 15) is 9.90 Å². The van der Waals surface area contributed by atoms with Crippen molar-refractivity contribution in [2.75, 3.05) is 13.1 Å². The molecule has 1 aromatic heterocycles. The molecule has 4 heterocycles. The summed E-state index contributed by atoms with van der Waals surface area (Å²) in [6.07, 6.45) is 15.3. The topological polar surface area (TPSA) is 84.5 Å². The van der Waals surface area contributed by atoms with Gasteiger partial charge in [0.1, 0.15) is 17.3 Å². The SMILES string of the molecule is O=C(NC1CCCCC1)[C@H]1C[NH+]2CC[C@@H]1C[C@@H]2Cn1cc(C2(O)CCCCC2)nn1. The van der Waals surface area contributed by atoms with E-state index in [-0.39, 0.29) is 5.92 Å². The maximum absolute atomic E-state index is 13.0. The van der Waals surface area contributed by atoms with Gasteiger partial charge in [-0.15, -0.1) is 5.10 Å². The number of nitrogens with zero attached hydrogens (tertiary/aromatic N) is 3. The van der Waals surface area contributed by atoms with E-state index in [1.54, 1.807) is 4.90 Å². The van der Waals surface area contributed by atoms with Crippen molar-refractivity contribution in [3.8, 4) is 0 Å². The highest BCUT2D eigenvalue weighted by atomic mass is 16.3. The first kappa shape index (κ1) is 20.4. The maximum atomic E-state index is 13.0. The highest BCUT2D eigenvalue weighted by Gasteiger charge is 2.47. The van der Waals surface area contributed by atoms with Crippen molar-refractivity contribution >= 4 is 5.91 Å². The van der Waals surface area contributed by atoms with Crippen molar-refractivity contribution in [3.05, 3.63) is 11.9 Å². The van der Waals surface area contributed by atoms with Crippen molar-refractivity contribution in [2.24, 2.45) is 11.8 Å². The monoisotopic (exact) mass is 416 g/mol. The van der Waals surface area contributed by atoms with Gasteiger partial charge in [-0.1, -0.05) is 43.7 Å². The van der Waals surface area contributed by atoms with Crippen LogP contribution in [0.25, 0.3) is 0 Å².